The number of halogens is 3. The van der Waals surface area contributed by atoms with Crippen LogP contribution in [0.2, 0.25) is 5.02 Å². The van der Waals surface area contributed by atoms with E-state index in [2.05, 4.69) is 24.8 Å². The maximum absolute atomic E-state index is 16.6. The lowest BCUT2D eigenvalue weighted by Gasteiger charge is -2.34. The first-order chi connectivity index (χ1) is 20.0. The fourth-order valence-electron chi connectivity index (χ4n) is 7.91. The van der Waals surface area contributed by atoms with Gasteiger partial charge < -0.3 is 9.64 Å². The Bertz CT molecular complexity index is 1650. The number of anilines is 1. The van der Waals surface area contributed by atoms with Gasteiger partial charge in [0.05, 0.1) is 10.9 Å². The molecule has 0 radical (unpaired) electrons. The molecule has 1 saturated carbocycles. The number of rotatable bonds is 5. The molecule has 7 nitrogen and oxygen atoms in total. The first-order valence-electron chi connectivity index (χ1n) is 14.6. The molecule has 3 saturated heterocycles. The van der Waals surface area contributed by atoms with E-state index in [1.807, 2.05) is 12.1 Å². The SMILES string of the molecule is Fc1c(-c2cncc3cccc(Cl)c23)ncc2c(N3CC4CCC(C4)C3)nc(OCC34CCCN3C[C@H](F)C4)nc12. The predicted octanol–water partition coefficient (Wildman–Crippen LogP) is 6.22. The minimum atomic E-state index is -0.858. The molecule has 212 valence electrons. The smallest absolute Gasteiger partial charge is 0.319 e. The number of ether oxygens (including phenoxy) is 1. The number of alkyl halides is 1. The molecular weight excluding hydrogens is 546 g/mol. The Morgan fingerprint density at radius 3 is 2.78 bits per heavy atom. The Morgan fingerprint density at radius 2 is 1.93 bits per heavy atom. The minimum Gasteiger partial charge on any atom is -0.461 e. The number of piperidine rings is 1. The third-order valence-corrected chi connectivity index (χ3v) is 10.1. The Balaban J connectivity index is 1.25. The molecule has 0 N–H and O–H groups in total. The van der Waals surface area contributed by atoms with Crippen LogP contribution in [0.1, 0.15) is 38.5 Å². The molecule has 0 spiro atoms. The lowest BCUT2D eigenvalue weighted by molar-refractivity contribution is 0.107. The quantitative estimate of drug-likeness (QED) is 0.279. The van der Waals surface area contributed by atoms with E-state index in [0.717, 1.165) is 37.9 Å². The molecule has 4 fully saturated rings. The molecule has 4 aromatic rings. The van der Waals surface area contributed by atoms with Crippen molar-refractivity contribution in [3.8, 4) is 17.3 Å². The standard InChI is InChI=1S/C31H31ClF2N6O/c32-24-4-1-3-20-11-35-12-22(25(20)24)27-26(34)28-23(13-36-27)29(39-14-18-5-6-19(9-18)15-39)38-30(37-28)41-17-31-7-2-8-40(31)16-21(33)10-31/h1,3-4,11-13,18-19,21H,2,5-10,14-17H2/t18?,19?,21-,31?/m1/s1. The van der Waals surface area contributed by atoms with Crippen molar-refractivity contribution >= 4 is 39.1 Å². The van der Waals surface area contributed by atoms with E-state index in [-0.39, 0.29) is 29.4 Å². The van der Waals surface area contributed by atoms with Crippen LogP contribution in [0.25, 0.3) is 32.9 Å². The number of hydrogen-bond acceptors (Lipinski definition) is 7. The van der Waals surface area contributed by atoms with Crippen LogP contribution >= 0.6 is 11.6 Å². The van der Waals surface area contributed by atoms with Gasteiger partial charge in [-0.05, 0) is 56.6 Å². The van der Waals surface area contributed by atoms with Crippen molar-refractivity contribution in [1.29, 1.82) is 0 Å². The van der Waals surface area contributed by atoms with Gasteiger partial charge in [0.1, 0.15) is 29.8 Å². The van der Waals surface area contributed by atoms with Crippen molar-refractivity contribution < 1.29 is 13.5 Å². The maximum atomic E-state index is 16.6. The highest BCUT2D eigenvalue weighted by Gasteiger charge is 2.49. The fraction of sp³-hybridized carbons (Fsp3) is 0.484. The number of pyridine rings is 2. The second-order valence-corrected chi connectivity index (χ2v) is 12.8. The predicted molar refractivity (Wildman–Crippen MR) is 155 cm³/mol. The summed E-state index contributed by atoms with van der Waals surface area (Å²) in [5.74, 6) is 1.31. The summed E-state index contributed by atoms with van der Waals surface area (Å²) in [5, 5.41) is 2.55. The molecule has 3 aliphatic heterocycles. The highest BCUT2D eigenvalue weighted by molar-refractivity contribution is 6.36. The molecule has 3 unspecified atom stereocenters. The summed E-state index contributed by atoms with van der Waals surface area (Å²) in [5.41, 5.74) is 0.448. The highest BCUT2D eigenvalue weighted by Crippen LogP contribution is 2.43. The summed E-state index contributed by atoms with van der Waals surface area (Å²) in [7, 11) is 0. The van der Waals surface area contributed by atoms with Gasteiger partial charge in [-0.15, -0.1) is 0 Å². The third kappa shape index (κ3) is 4.23. The molecule has 6 heterocycles. The lowest BCUT2D eigenvalue weighted by atomic mass is 9.95. The number of nitrogens with zero attached hydrogens (tertiary/aromatic N) is 6. The minimum absolute atomic E-state index is 0.124. The number of hydrogen-bond donors (Lipinski definition) is 0. The van der Waals surface area contributed by atoms with Crippen molar-refractivity contribution in [2.75, 3.05) is 37.7 Å². The molecule has 1 aliphatic carbocycles. The second kappa shape index (κ2) is 9.70. The summed E-state index contributed by atoms with van der Waals surface area (Å²) >= 11 is 6.56. The van der Waals surface area contributed by atoms with Crippen LogP contribution in [0.15, 0.2) is 36.8 Å². The van der Waals surface area contributed by atoms with Gasteiger partial charge in [-0.2, -0.15) is 9.97 Å². The normalized spacial score (nSPS) is 27.7. The van der Waals surface area contributed by atoms with Crippen LogP contribution in [0.5, 0.6) is 6.01 Å². The molecule has 4 atom stereocenters. The molecular formula is C31H31ClF2N6O. The number of benzene rings is 1. The summed E-state index contributed by atoms with van der Waals surface area (Å²) in [6, 6.07) is 5.64. The first-order valence-corrected chi connectivity index (χ1v) is 15.0. The second-order valence-electron chi connectivity index (χ2n) is 12.4. The van der Waals surface area contributed by atoms with Crippen molar-refractivity contribution in [3.05, 3.63) is 47.6 Å². The largest absolute Gasteiger partial charge is 0.461 e. The van der Waals surface area contributed by atoms with Gasteiger partial charge in [-0.1, -0.05) is 23.7 Å². The van der Waals surface area contributed by atoms with Crippen LogP contribution in [0.4, 0.5) is 14.6 Å². The van der Waals surface area contributed by atoms with E-state index < -0.39 is 12.0 Å². The average molecular weight is 577 g/mol. The molecule has 41 heavy (non-hydrogen) atoms. The van der Waals surface area contributed by atoms with Gasteiger partial charge in [0.2, 0.25) is 0 Å². The number of aromatic nitrogens is 4. The van der Waals surface area contributed by atoms with E-state index in [4.69, 9.17) is 21.3 Å². The summed E-state index contributed by atoms with van der Waals surface area (Å²) < 4.78 is 37.2. The first kappa shape index (κ1) is 25.5. The van der Waals surface area contributed by atoms with E-state index in [0.29, 0.717) is 52.0 Å². The van der Waals surface area contributed by atoms with Crippen molar-refractivity contribution in [2.45, 2.75) is 50.2 Å². The molecule has 3 aromatic heterocycles. The van der Waals surface area contributed by atoms with E-state index >= 15 is 4.39 Å². The zero-order valence-electron chi connectivity index (χ0n) is 22.7. The topological polar surface area (TPSA) is 67.3 Å². The molecule has 0 amide bonds. The monoisotopic (exact) mass is 576 g/mol. The summed E-state index contributed by atoms with van der Waals surface area (Å²) in [6.07, 6.45) is 10.1. The Labute approximate surface area is 241 Å². The van der Waals surface area contributed by atoms with Gasteiger partial charge in [0.25, 0.3) is 0 Å². The van der Waals surface area contributed by atoms with Crippen molar-refractivity contribution in [1.82, 2.24) is 24.8 Å². The zero-order valence-corrected chi connectivity index (χ0v) is 23.5. The maximum Gasteiger partial charge on any atom is 0.319 e. The average Bonchev–Trinajstić information content (AvgIpc) is 3.62. The van der Waals surface area contributed by atoms with Gasteiger partial charge in [0.15, 0.2) is 5.82 Å². The fourth-order valence-corrected chi connectivity index (χ4v) is 8.20. The Morgan fingerprint density at radius 1 is 1.07 bits per heavy atom. The van der Waals surface area contributed by atoms with Crippen LogP contribution in [0, 0.1) is 17.7 Å². The summed E-state index contributed by atoms with van der Waals surface area (Å²) in [6.45, 7) is 3.33. The zero-order chi connectivity index (χ0) is 27.7. The van der Waals surface area contributed by atoms with E-state index in [9.17, 15) is 4.39 Å². The molecule has 4 aliphatic rings. The Kier molecular flexibility index (Phi) is 6.04. The Hall–Kier alpha value is -3.17. The van der Waals surface area contributed by atoms with Crippen molar-refractivity contribution in [3.63, 3.8) is 0 Å². The molecule has 8 rings (SSSR count). The van der Waals surface area contributed by atoms with Crippen LogP contribution < -0.4 is 9.64 Å². The molecule has 1 aromatic carbocycles. The van der Waals surface area contributed by atoms with E-state index in [1.54, 1.807) is 24.7 Å². The van der Waals surface area contributed by atoms with E-state index in [1.165, 1.54) is 19.3 Å². The van der Waals surface area contributed by atoms with Crippen molar-refractivity contribution in [2.24, 2.45) is 11.8 Å². The van der Waals surface area contributed by atoms with Gasteiger partial charge in [0, 0.05) is 66.0 Å². The number of fused-ring (bicyclic) bond motifs is 5. The van der Waals surface area contributed by atoms with Crippen LogP contribution in [-0.4, -0.2) is 69.3 Å². The molecule has 2 bridgehead atoms. The lowest BCUT2D eigenvalue weighted by Crippen LogP contribution is -2.43. The highest BCUT2D eigenvalue weighted by atomic mass is 35.5. The van der Waals surface area contributed by atoms with Crippen LogP contribution in [0.3, 0.4) is 0 Å². The third-order valence-electron chi connectivity index (χ3n) is 9.77. The van der Waals surface area contributed by atoms with Gasteiger partial charge in [-0.25, -0.2) is 8.78 Å². The molecule has 10 heteroatoms. The van der Waals surface area contributed by atoms with Gasteiger partial charge >= 0.3 is 6.01 Å². The van der Waals surface area contributed by atoms with Crippen LogP contribution in [-0.2, 0) is 0 Å². The summed E-state index contributed by atoms with van der Waals surface area (Å²) in [4.78, 5) is 22.9. The van der Waals surface area contributed by atoms with Gasteiger partial charge in [-0.3, -0.25) is 14.9 Å².